The summed E-state index contributed by atoms with van der Waals surface area (Å²) in [5, 5.41) is 4.07. The zero-order valence-corrected chi connectivity index (χ0v) is 14.6. The van der Waals surface area contributed by atoms with E-state index < -0.39 is 0 Å². The number of ether oxygens (including phenoxy) is 2. The molecule has 1 heterocycles. The fourth-order valence-corrected chi connectivity index (χ4v) is 2.46. The van der Waals surface area contributed by atoms with Gasteiger partial charge >= 0.3 is 0 Å². The van der Waals surface area contributed by atoms with Crippen molar-refractivity contribution in [2.24, 2.45) is 0 Å². The van der Waals surface area contributed by atoms with E-state index in [2.05, 4.69) is 10.1 Å². The molecule has 3 aromatic rings. The van der Waals surface area contributed by atoms with Crippen molar-refractivity contribution >= 4 is 13.3 Å². The van der Waals surface area contributed by atoms with Crippen molar-refractivity contribution in [2.45, 2.75) is 20.8 Å². The highest BCUT2D eigenvalue weighted by Gasteiger charge is 2.14. The van der Waals surface area contributed by atoms with Gasteiger partial charge in [-0.2, -0.15) is 4.98 Å². The summed E-state index contributed by atoms with van der Waals surface area (Å²) in [6, 6.07) is 11.2. The van der Waals surface area contributed by atoms with Crippen LogP contribution in [0.2, 0.25) is 0 Å². The molecule has 0 aliphatic rings. The average Bonchev–Trinajstić information content (AvgIpc) is 3.09. The minimum Gasteiger partial charge on any atom is -0.490 e. The predicted octanol–water partition coefficient (Wildman–Crippen LogP) is 3.30. The van der Waals surface area contributed by atoms with Crippen LogP contribution in [0.1, 0.15) is 19.4 Å². The Bertz CT molecular complexity index is 877. The van der Waals surface area contributed by atoms with Crippen molar-refractivity contribution in [1.82, 2.24) is 10.1 Å². The van der Waals surface area contributed by atoms with Gasteiger partial charge in [0.25, 0.3) is 5.89 Å². The molecule has 3 rings (SSSR count). The van der Waals surface area contributed by atoms with Gasteiger partial charge in [0.15, 0.2) is 11.5 Å². The Morgan fingerprint density at radius 3 is 2.40 bits per heavy atom. The molecule has 2 aromatic carbocycles. The van der Waals surface area contributed by atoms with Gasteiger partial charge in [0.2, 0.25) is 5.82 Å². The number of nitrogens with zero attached hydrogens (tertiary/aromatic N) is 2. The molecule has 0 saturated carbocycles. The van der Waals surface area contributed by atoms with E-state index in [-0.39, 0.29) is 0 Å². The van der Waals surface area contributed by atoms with Gasteiger partial charge in [-0.05, 0) is 45.0 Å². The second kappa shape index (κ2) is 7.42. The number of aromatic nitrogens is 2. The van der Waals surface area contributed by atoms with Gasteiger partial charge in [0.1, 0.15) is 7.85 Å². The van der Waals surface area contributed by atoms with E-state index in [0.29, 0.717) is 36.4 Å². The minimum atomic E-state index is 0.425. The summed E-state index contributed by atoms with van der Waals surface area (Å²) in [5.41, 5.74) is 3.35. The molecule has 126 valence electrons. The van der Waals surface area contributed by atoms with Gasteiger partial charge in [-0.25, -0.2) is 0 Å². The third kappa shape index (κ3) is 3.68. The van der Waals surface area contributed by atoms with Crippen LogP contribution in [0.3, 0.4) is 0 Å². The molecule has 0 saturated heterocycles. The smallest absolute Gasteiger partial charge is 0.258 e. The summed E-state index contributed by atoms with van der Waals surface area (Å²) in [4.78, 5) is 4.48. The van der Waals surface area contributed by atoms with Crippen molar-refractivity contribution in [3.8, 4) is 34.3 Å². The molecular weight excluding hydrogens is 315 g/mol. The van der Waals surface area contributed by atoms with Gasteiger partial charge in [0, 0.05) is 11.1 Å². The molecule has 1 aromatic heterocycles. The van der Waals surface area contributed by atoms with E-state index in [1.165, 1.54) is 0 Å². The Morgan fingerprint density at radius 1 is 0.960 bits per heavy atom. The molecule has 0 atom stereocenters. The monoisotopic (exact) mass is 334 g/mol. The summed E-state index contributed by atoms with van der Waals surface area (Å²) in [6.07, 6.45) is 0. The molecule has 0 aliphatic heterocycles. The number of hydrogen-bond acceptors (Lipinski definition) is 5. The molecule has 6 heteroatoms. The topological polar surface area (TPSA) is 57.4 Å². The van der Waals surface area contributed by atoms with E-state index in [0.717, 1.165) is 22.2 Å². The molecule has 0 aliphatic carbocycles. The third-order valence-corrected chi connectivity index (χ3v) is 3.74. The van der Waals surface area contributed by atoms with E-state index in [1.807, 2.05) is 57.2 Å². The summed E-state index contributed by atoms with van der Waals surface area (Å²) >= 11 is 0. The second-order valence-corrected chi connectivity index (χ2v) is 5.52. The molecule has 0 bridgehead atoms. The number of benzene rings is 2. The maximum atomic E-state index is 5.86. The number of aryl methyl sites for hydroxylation is 1. The van der Waals surface area contributed by atoms with Crippen LogP contribution in [0, 0.1) is 6.92 Å². The Hall–Kier alpha value is -2.76. The van der Waals surface area contributed by atoms with Crippen LogP contribution in [0.15, 0.2) is 40.9 Å². The molecule has 0 amide bonds. The Morgan fingerprint density at radius 2 is 1.68 bits per heavy atom. The largest absolute Gasteiger partial charge is 0.490 e. The fraction of sp³-hybridized carbons (Fsp3) is 0.263. The zero-order chi connectivity index (χ0) is 17.8. The van der Waals surface area contributed by atoms with Gasteiger partial charge < -0.3 is 14.0 Å². The quantitative estimate of drug-likeness (QED) is 0.648. The lowest BCUT2D eigenvalue weighted by Crippen LogP contribution is -2.06. The summed E-state index contributed by atoms with van der Waals surface area (Å²) < 4.78 is 16.6. The maximum Gasteiger partial charge on any atom is 0.258 e. The van der Waals surface area contributed by atoms with Gasteiger partial charge in [-0.1, -0.05) is 28.3 Å². The Labute approximate surface area is 148 Å². The predicted molar refractivity (Wildman–Crippen MR) is 97.6 cm³/mol. The molecular formula is C19H19BN2O3. The number of hydrogen-bond donors (Lipinski definition) is 0. The highest BCUT2D eigenvalue weighted by atomic mass is 16.5. The molecule has 0 spiro atoms. The first kappa shape index (κ1) is 17.1. The van der Waals surface area contributed by atoms with Crippen molar-refractivity contribution in [2.75, 3.05) is 13.2 Å². The summed E-state index contributed by atoms with van der Waals surface area (Å²) in [7, 11) is 5.86. The summed E-state index contributed by atoms with van der Waals surface area (Å²) in [5.74, 6) is 2.30. The van der Waals surface area contributed by atoms with Gasteiger partial charge in [-0.15, -0.1) is 0 Å². The lowest BCUT2D eigenvalue weighted by Gasteiger charge is -2.11. The van der Waals surface area contributed by atoms with Gasteiger partial charge in [0.05, 0.1) is 13.2 Å². The van der Waals surface area contributed by atoms with Crippen LogP contribution in [0.4, 0.5) is 0 Å². The summed E-state index contributed by atoms with van der Waals surface area (Å²) in [6.45, 7) is 6.92. The maximum absolute atomic E-state index is 5.86. The van der Waals surface area contributed by atoms with Crippen molar-refractivity contribution in [3.05, 3.63) is 42.0 Å². The number of rotatable bonds is 6. The first-order chi connectivity index (χ1) is 12.1. The van der Waals surface area contributed by atoms with E-state index in [4.69, 9.17) is 21.8 Å². The first-order valence-corrected chi connectivity index (χ1v) is 8.22. The SMILES string of the molecule is [B]c1ccc(-c2noc(-c3ccc(OCC)c(OCC)c3)n2)cc1C. The minimum absolute atomic E-state index is 0.425. The van der Waals surface area contributed by atoms with Crippen LogP contribution >= 0.6 is 0 Å². The Kier molecular flexibility index (Phi) is 5.07. The highest BCUT2D eigenvalue weighted by Crippen LogP contribution is 2.33. The fourth-order valence-electron chi connectivity index (χ4n) is 2.46. The average molecular weight is 334 g/mol. The van der Waals surface area contributed by atoms with Crippen LogP contribution in [-0.2, 0) is 0 Å². The second-order valence-electron chi connectivity index (χ2n) is 5.52. The zero-order valence-electron chi connectivity index (χ0n) is 14.6. The standard InChI is InChI=1S/C19H19BN2O3/c1-4-23-16-9-7-14(11-17(16)24-5-2)19-21-18(22-25-19)13-6-8-15(20)12(3)10-13/h6-11H,4-5H2,1-3H3. The van der Waals surface area contributed by atoms with Gasteiger partial charge in [-0.3, -0.25) is 0 Å². The molecule has 0 N–H and O–H groups in total. The molecule has 25 heavy (non-hydrogen) atoms. The van der Waals surface area contributed by atoms with Crippen molar-refractivity contribution < 1.29 is 14.0 Å². The van der Waals surface area contributed by atoms with E-state index in [1.54, 1.807) is 0 Å². The molecule has 5 nitrogen and oxygen atoms in total. The van der Waals surface area contributed by atoms with Crippen LogP contribution in [0.5, 0.6) is 11.5 Å². The normalized spacial score (nSPS) is 10.7. The van der Waals surface area contributed by atoms with Crippen molar-refractivity contribution in [1.29, 1.82) is 0 Å². The lowest BCUT2D eigenvalue weighted by molar-refractivity contribution is 0.288. The molecule has 2 radical (unpaired) electrons. The van der Waals surface area contributed by atoms with Crippen molar-refractivity contribution in [3.63, 3.8) is 0 Å². The first-order valence-electron chi connectivity index (χ1n) is 8.22. The molecule has 0 fully saturated rings. The van der Waals surface area contributed by atoms with E-state index in [9.17, 15) is 0 Å². The van der Waals surface area contributed by atoms with E-state index >= 15 is 0 Å². The third-order valence-electron chi connectivity index (χ3n) is 3.74. The van der Waals surface area contributed by atoms with Crippen LogP contribution < -0.4 is 14.9 Å². The lowest BCUT2D eigenvalue weighted by atomic mass is 9.90. The van der Waals surface area contributed by atoms with Crippen LogP contribution in [0.25, 0.3) is 22.8 Å². The van der Waals surface area contributed by atoms with Crippen LogP contribution in [-0.4, -0.2) is 31.2 Å². The highest BCUT2D eigenvalue weighted by molar-refractivity contribution is 6.33. The Balaban J connectivity index is 1.93. The molecule has 0 unspecified atom stereocenters.